The molecule has 5 nitrogen and oxygen atoms in total. The Morgan fingerprint density at radius 3 is 2.71 bits per heavy atom. The van der Waals surface area contributed by atoms with E-state index in [1.807, 2.05) is 0 Å². The summed E-state index contributed by atoms with van der Waals surface area (Å²) in [5.74, 6) is -1.83. The van der Waals surface area contributed by atoms with Crippen molar-refractivity contribution in [3.05, 3.63) is 23.5 Å². The van der Waals surface area contributed by atoms with E-state index in [4.69, 9.17) is 5.11 Å². The van der Waals surface area contributed by atoms with Gasteiger partial charge in [0.25, 0.3) is 5.91 Å². The van der Waals surface area contributed by atoms with Crippen molar-refractivity contribution < 1.29 is 19.1 Å². The summed E-state index contributed by atoms with van der Waals surface area (Å²) in [4.78, 5) is 26.7. The molecule has 1 amide bonds. The molecule has 2 heterocycles. The van der Waals surface area contributed by atoms with Crippen LogP contribution in [0.2, 0.25) is 0 Å². The smallest absolute Gasteiger partial charge is 0.343 e. The third kappa shape index (κ3) is 1.90. The summed E-state index contributed by atoms with van der Waals surface area (Å²) in [6, 6.07) is 0. The number of carboxylic acids is 1. The van der Waals surface area contributed by atoms with Crippen molar-refractivity contribution in [2.24, 2.45) is 0 Å². The molecule has 1 aromatic heterocycles. The molecular formula is C11H13FN2O3. The minimum Gasteiger partial charge on any atom is -0.479 e. The Morgan fingerprint density at radius 2 is 2.24 bits per heavy atom. The van der Waals surface area contributed by atoms with Gasteiger partial charge in [0, 0.05) is 25.4 Å². The van der Waals surface area contributed by atoms with Crippen LogP contribution in [-0.4, -0.2) is 45.6 Å². The fraction of sp³-hybridized carbons (Fsp3) is 0.455. The topological polar surface area (TPSA) is 73.4 Å². The molecule has 1 aromatic rings. The predicted molar refractivity (Wildman–Crippen MR) is 57.5 cm³/mol. The fourth-order valence-electron chi connectivity index (χ4n) is 1.96. The zero-order valence-corrected chi connectivity index (χ0v) is 9.36. The molecule has 2 rings (SSSR count). The normalized spacial score (nSPS) is 24.0. The Morgan fingerprint density at radius 1 is 1.53 bits per heavy atom. The molecule has 0 spiro atoms. The van der Waals surface area contributed by atoms with Crippen molar-refractivity contribution >= 4 is 11.9 Å². The number of amides is 1. The second kappa shape index (κ2) is 3.87. The standard InChI is InChI=1S/C11H13FN2O3/c1-7-4-13-5-8(7)9(15)14-3-2-11(12,6-14)10(16)17/h4-5,13H,2-3,6H2,1H3,(H,16,17)/t11-/m1/s1. The number of nitrogens with zero attached hydrogens (tertiary/aromatic N) is 1. The highest BCUT2D eigenvalue weighted by Crippen LogP contribution is 2.27. The maximum Gasteiger partial charge on any atom is 0.343 e. The molecule has 6 heteroatoms. The molecule has 1 saturated heterocycles. The van der Waals surface area contributed by atoms with Crippen molar-refractivity contribution in [2.45, 2.75) is 19.0 Å². The quantitative estimate of drug-likeness (QED) is 0.808. The fourth-order valence-corrected chi connectivity index (χ4v) is 1.96. The summed E-state index contributed by atoms with van der Waals surface area (Å²) in [7, 11) is 0. The van der Waals surface area contributed by atoms with Gasteiger partial charge >= 0.3 is 5.97 Å². The summed E-state index contributed by atoms with van der Waals surface area (Å²) in [6.45, 7) is 1.51. The Kier molecular flexibility index (Phi) is 2.65. The van der Waals surface area contributed by atoms with E-state index >= 15 is 0 Å². The second-order valence-corrected chi connectivity index (χ2v) is 4.30. The SMILES string of the molecule is Cc1c[nH]cc1C(=O)N1CC[C@](F)(C(=O)O)C1. The molecule has 0 bridgehead atoms. The van der Waals surface area contributed by atoms with Crippen LogP contribution < -0.4 is 0 Å². The molecule has 1 aliphatic rings. The van der Waals surface area contributed by atoms with Gasteiger partial charge < -0.3 is 15.0 Å². The van der Waals surface area contributed by atoms with Gasteiger partial charge in [-0.1, -0.05) is 0 Å². The predicted octanol–water partition coefficient (Wildman–Crippen LogP) is 0.962. The van der Waals surface area contributed by atoms with Crippen LogP contribution in [0, 0.1) is 6.92 Å². The molecule has 1 fully saturated rings. The second-order valence-electron chi connectivity index (χ2n) is 4.30. The summed E-state index contributed by atoms with van der Waals surface area (Å²) in [5.41, 5.74) is -1.08. The maximum absolute atomic E-state index is 13.8. The molecule has 0 aromatic carbocycles. The van der Waals surface area contributed by atoms with Crippen molar-refractivity contribution in [1.29, 1.82) is 0 Å². The minimum atomic E-state index is -2.31. The molecule has 2 N–H and O–H groups in total. The van der Waals surface area contributed by atoms with E-state index < -0.39 is 11.6 Å². The number of aromatic nitrogens is 1. The summed E-state index contributed by atoms with van der Waals surface area (Å²) < 4.78 is 13.8. The summed E-state index contributed by atoms with van der Waals surface area (Å²) >= 11 is 0. The van der Waals surface area contributed by atoms with E-state index in [0.29, 0.717) is 5.56 Å². The summed E-state index contributed by atoms with van der Waals surface area (Å²) in [5, 5.41) is 8.74. The van der Waals surface area contributed by atoms with Gasteiger partial charge in [0.2, 0.25) is 5.67 Å². The number of carboxylic acid groups (broad SMARTS) is 1. The molecule has 0 radical (unpaired) electrons. The molecule has 1 atom stereocenters. The van der Waals surface area contributed by atoms with Crippen LogP contribution in [0.15, 0.2) is 12.4 Å². The average Bonchev–Trinajstić information content (AvgIpc) is 2.85. The number of rotatable bonds is 2. The number of aromatic amines is 1. The number of likely N-dealkylation sites (tertiary alicyclic amines) is 1. The first kappa shape index (κ1) is 11.6. The van der Waals surface area contributed by atoms with Gasteiger partial charge in [0.1, 0.15) is 0 Å². The lowest BCUT2D eigenvalue weighted by Gasteiger charge is -2.17. The van der Waals surface area contributed by atoms with Crippen LogP contribution >= 0.6 is 0 Å². The van der Waals surface area contributed by atoms with Gasteiger partial charge in [-0.15, -0.1) is 0 Å². The lowest BCUT2D eigenvalue weighted by molar-refractivity contribution is -0.149. The number of alkyl halides is 1. The zero-order chi connectivity index (χ0) is 12.6. The molecule has 1 aliphatic heterocycles. The third-order valence-corrected chi connectivity index (χ3v) is 3.07. The van der Waals surface area contributed by atoms with Gasteiger partial charge in [-0.05, 0) is 12.5 Å². The molecule has 0 unspecified atom stereocenters. The van der Waals surface area contributed by atoms with Gasteiger partial charge in [0.05, 0.1) is 12.1 Å². The monoisotopic (exact) mass is 240 g/mol. The van der Waals surface area contributed by atoms with Crippen molar-refractivity contribution in [1.82, 2.24) is 9.88 Å². The van der Waals surface area contributed by atoms with Crippen LogP contribution in [0.3, 0.4) is 0 Å². The molecule has 17 heavy (non-hydrogen) atoms. The lowest BCUT2D eigenvalue weighted by Crippen LogP contribution is -2.38. The Balaban J connectivity index is 2.15. The number of aryl methyl sites for hydroxylation is 1. The summed E-state index contributed by atoms with van der Waals surface area (Å²) in [6.07, 6.45) is 3.05. The number of H-pyrrole nitrogens is 1. The average molecular weight is 240 g/mol. The minimum absolute atomic E-state index is 0.131. The largest absolute Gasteiger partial charge is 0.479 e. The van der Waals surface area contributed by atoms with Crippen LogP contribution in [-0.2, 0) is 4.79 Å². The maximum atomic E-state index is 13.8. The van der Waals surface area contributed by atoms with Crippen LogP contribution in [0.5, 0.6) is 0 Å². The van der Waals surface area contributed by atoms with Crippen LogP contribution in [0.4, 0.5) is 4.39 Å². The first-order valence-electron chi connectivity index (χ1n) is 5.29. The van der Waals surface area contributed by atoms with Crippen molar-refractivity contribution in [3.8, 4) is 0 Å². The number of hydrogen-bond acceptors (Lipinski definition) is 2. The first-order chi connectivity index (χ1) is 7.94. The number of carbonyl (C=O) groups excluding carboxylic acids is 1. The third-order valence-electron chi connectivity index (χ3n) is 3.07. The van der Waals surface area contributed by atoms with E-state index in [0.717, 1.165) is 5.56 Å². The highest BCUT2D eigenvalue weighted by molar-refractivity contribution is 5.96. The van der Waals surface area contributed by atoms with Gasteiger partial charge in [-0.2, -0.15) is 0 Å². The number of halogens is 1. The zero-order valence-electron chi connectivity index (χ0n) is 9.36. The number of nitrogens with one attached hydrogen (secondary N) is 1. The van der Waals surface area contributed by atoms with E-state index in [2.05, 4.69) is 4.98 Å². The molecular weight excluding hydrogens is 227 g/mol. The van der Waals surface area contributed by atoms with Gasteiger partial charge in [0.15, 0.2) is 0 Å². The van der Waals surface area contributed by atoms with E-state index in [-0.39, 0.29) is 25.4 Å². The van der Waals surface area contributed by atoms with Crippen LogP contribution in [0.25, 0.3) is 0 Å². The molecule has 0 saturated carbocycles. The highest BCUT2D eigenvalue weighted by Gasteiger charge is 2.47. The molecule has 0 aliphatic carbocycles. The Bertz CT molecular complexity index is 471. The van der Waals surface area contributed by atoms with Gasteiger partial charge in [-0.3, -0.25) is 4.79 Å². The Hall–Kier alpha value is -1.85. The number of aliphatic carboxylic acids is 1. The molecule has 92 valence electrons. The van der Waals surface area contributed by atoms with Crippen molar-refractivity contribution in [3.63, 3.8) is 0 Å². The van der Waals surface area contributed by atoms with E-state index in [1.54, 1.807) is 13.1 Å². The number of hydrogen-bond donors (Lipinski definition) is 2. The lowest BCUT2D eigenvalue weighted by atomic mass is 10.1. The number of carbonyl (C=O) groups is 2. The van der Waals surface area contributed by atoms with Crippen LogP contribution in [0.1, 0.15) is 22.3 Å². The van der Waals surface area contributed by atoms with Gasteiger partial charge in [-0.25, -0.2) is 9.18 Å². The van der Waals surface area contributed by atoms with E-state index in [1.165, 1.54) is 11.1 Å². The van der Waals surface area contributed by atoms with Crippen molar-refractivity contribution in [2.75, 3.05) is 13.1 Å². The van der Waals surface area contributed by atoms with E-state index in [9.17, 15) is 14.0 Å². The highest BCUT2D eigenvalue weighted by atomic mass is 19.1. The Labute approximate surface area is 97.2 Å². The first-order valence-corrected chi connectivity index (χ1v) is 5.29.